The van der Waals surface area contributed by atoms with Crippen LogP contribution in [0.4, 0.5) is 0 Å². The highest BCUT2D eigenvalue weighted by atomic mass is 16.7. The predicted octanol–water partition coefficient (Wildman–Crippen LogP) is 1.49. The first-order valence-electron chi connectivity index (χ1n) is 5.43. The van der Waals surface area contributed by atoms with Crippen molar-refractivity contribution < 1.29 is 19.2 Å². The molecule has 0 saturated carbocycles. The number of benzene rings is 1. The maximum Gasteiger partial charge on any atom is 0.345 e. The molecule has 1 N–H and O–H groups in total. The molecule has 1 aromatic rings. The number of ketones is 1. The molecular weight excluding hydrogens is 234 g/mol. The standard InChI is InChI=1S/C13H15NO4/c1-9(15)13(2,3)12(17)18-14-11(16)10-7-5-4-6-8-10/h4-8H,1-3H3,(H,14,16). The summed E-state index contributed by atoms with van der Waals surface area (Å²) in [6.07, 6.45) is 0. The average Bonchev–Trinajstić information content (AvgIpc) is 2.36. The van der Waals surface area contributed by atoms with E-state index in [0.717, 1.165) is 0 Å². The van der Waals surface area contributed by atoms with Gasteiger partial charge >= 0.3 is 5.97 Å². The van der Waals surface area contributed by atoms with E-state index in [9.17, 15) is 14.4 Å². The van der Waals surface area contributed by atoms with Crippen LogP contribution in [0.1, 0.15) is 31.1 Å². The van der Waals surface area contributed by atoms with Gasteiger partial charge in [0.2, 0.25) is 0 Å². The zero-order valence-corrected chi connectivity index (χ0v) is 10.5. The van der Waals surface area contributed by atoms with E-state index in [1.54, 1.807) is 30.3 Å². The summed E-state index contributed by atoms with van der Waals surface area (Å²) >= 11 is 0. The van der Waals surface area contributed by atoms with Crippen LogP contribution in [-0.4, -0.2) is 17.7 Å². The first-order valence-corrected chi connectivity index (χ1v) is 5.43. The number of amides is 1. The van der Waals surface area contributed by atoms with Gasteiger partial charge in [-0.2, -0.15) is 5.48 Å². The van der Waals surface area contributed by atoms with E-state index < -0.39 is 17.3 Å². The Morgan fingerprint density at radius 3 is 2.17 bits per heavy atom. The summed E-state index contributed by atoms with van der Waals surface area (Å²) in [5.41, 5.74) is 1.11. The largest absolute Gasteiger partial charge is 0.345 e. The van der Waals surface area contributed by atoms with Crippen LogP contribution in [-0.2, 0) is 14.4 Å². The molecule has 18 heavy (non-hydrogen) atoms. The molecule has 1 rings (SSSR count). The predicted molar refractivity (Wildman–Crippen MR) is 64.5 cm³/mol. The molecule has 1 amide bonds. The summed E-state index contributed by atoms with van der Waals surface area (Å²) in [4.78, 5) is 39.0. The third-order valence-corrected chi connectivity index (χ3v) is 2.66. The van der Waals surface area contributed by atoms with Gasteiger partial charge in [-0.25, -0.2) is 4.79 Å². The van der Waals surface area contributed by atoms with Crippen LogP contribution in [0.5, 0.6) is 0 Å². The van der Waals surface area contributed by atoms with Gasteiger partial charge in [-0.1, -0.05) is 18.2 Å². The van der Waals surface area contributed by atoms with Crippen molar-refractivity contribution in [3.8, 4) is 0 Å². The fraction of sp³-hybridized carbons (Fsp3) is 0.308. The molecular formula is C13H15NO4. The normalized spacial score (nSPS) is 10.6. The maximum absolute atomic E-state index is 11.6. The molecule has 0 heterocycles. The van der Waals surface area contributed by atoms with Crippen molar-refractivity contribution in [1.82, 2.24) is 5.48 Å². The van der Waals surface area contributed by atoms with E-state index in [1.807, 2.05) is 5.48 Å². The second-order valence-electron chi connectivity index (χ2n) is 4.37. The highest BCUT2D eigenvalue weighted by Crippen LogP contribution is 2.17. The maximum atomic E-state index is 11.6. The minimum absolute atomic E-state index is 0.332. The molecule has 0 aliphatic carbocycles. The van der Waals surface area contributed by atoms with Gasteiger partial charge in [0.05, 0.1) is 0 Å². The van der Waals surface area contributed by atoms with Crippen molar-refractivity contribution in [1.29, 1.82) is 0 Å². The molecule has 0 atom stereocenters. The molecule has 1 aromatic carbocycles. The molecule has 0 saturated heterocycles. The lowest BCUT2D eigenvalue weighted by molar-refractivity contribution is -0.162. The van der Waals surface area contributed by atoms with Crippen LogP contribution in [0.25, 0.3) is 0 Å². The summed E-state index contributed by atoms with van der Waals surface area (Å²) in [5, 5.41) is 0. The Kier molecular flexibility index (Phi) is 4.20. The van der Waals surface area contributed by atoms with E-state index in [4.69, 9.17) is 0 Å². The number of hydrogen-bond donors (Lipinski definition) is 1. The Hall–Kier alpha value is -2.17. The molecule has 0 bridgehead atoms. The van der Waals surface area contributed by atoms with Crippen LogP contribution in [0.3, 0.4) is 0 Å². The Morgan fingerprint density at radius 2 is 1.67 bits per heavy atom. The van der Waals surface area contributed by atoms with E-state index in [2.05, 4.69) is 4.84 Å². The average molecular weight is 249 g/mol. The highest BCUT2D eigenvalue weighted by Gasteiger charge is 2.35. The molecule has 96 valence electrons. The molecule has 0 radical (unpaired) electrons. The van der Waals surface area contributed by atoms with Gasteiger partial charge in [0, 0.05) is 5.56 Å². The zero-order chi connectivity index (χ0) is 13.8. The molecule has 0 unspecified atom stereocenters. The summed E-state index contributed by atoms with van der Waals surface area (Å²) < 4.78 is 0. The molecule has 0 aromatic heterocycles. The van der Waals surface area contributed by atoms with Crippen molar-refractivity contribution in [3.63, 3.8) is 0 Å². The first kappa shape index (κ1) is 13.9. The number of Topliss-reactive ketones (excluding diaryl/α,β-unsaturated/α-hetero) is 1. The lowest BCUT2D eigenvalue weighted by Gasteiger charge is -2.18. The minimum atomic E-state index is -1.27. The van der Waals surface area contributed by atoms with Gasteiger partial charge in [-0.15, -0.1) is 0 Å². The Balaban J connectivity index is 2.59. The number of carbonyl (C=O) groups is 3. The first-order chi connectivity index (χ1) is 8.35. The van der Waals surface area contributed by atoms with Crippen LogP contribution in [0.2, 0.25) is 0 Å². The minimum Gasteiger partial charge on any atom is -0.339 e. The number of rotatable bonds is 3. The Labute approximate surface area is 105 Å². The quantitative estimate of drug-likeness (QED) is 0.650. The lowest BCUT2D eigenvalue weighted by atomic mass is 9.89. The number of nitrogens with one attached hydrogen (secondary N) is 1. The number of carbonyl (C=O) groups excluding carboxylic acids is 3. The van der Waals surface area contributed by atoms with Crippen molar-refractivity contribution >= 4 is 17.7 Å². The summed E-state index contributed by atoms with van der Waals surface area (Å²) in [6, 6.07) is 8.31. The molecule has 5 heteroatoms. The van der Waals surface area contributed by atoms with E-state index in [1.165, 1.54) is 20.8 Å². The van der Waals surface area contributed by atoms with Gasteiger partial charge in [-0.05, 0) is 32.9 Å². The molecule has 0 spiro atoms. The van der Waals surface area contributed by atoms with E-state index in [-0.39, 0.29) is 5.78 Å². The van der Waals surface area contributed by atoms with Crippen molar-refractivity contribution in [2.24, 2.45) is 5.41 Å². The smallest absolute Gasteiger partial charge is 0.339 e. The molecule has 5 nitrogen and oxygen atoms in total. The summed E-state index contributed by atoms with van der Waals surface area (Å²) in [6.45, 7) is 4.17. The van der Waals surface area contributed by atoms with Crippen molar-refractivity contribution in [2.75, 3.05) is 0 Å². The van der Waals surface area contributed by atoms with Gasteiger partial charge in [0.1, 0.15) is 11.2 Å². The highest BCUT2D eigenvalue weighted by molar-refractivity contribution is 6.02. The SMILES string of the molecule is CC(=O)C(C)(C)C(=O)ONC(=O)c1ccccc1. The molecule has 0 aliphatic heterocycles. The lowest BCUT2D eigenvalue weighted by Crippen LogP contribution is -2.38. The fourth-order valence-electron chi connectivity index (χ4n) is 1.01. The monoisotopic (exact) mass is 249 g/mol. The Bertz CT molecular complexity index is 465. The third-order valence-electron chi connectivity index (χ3n) is 2.66. The van der Waals surface area contributed by atoms with Gasteiger partial charge in [0.25, 0.3) is 5.91 Å². The second-order valence-corrected chi connectivity index (χ2v) is 4.37. The fourth-order valence-corrected chi connectivity index (χ4v) is 1.01. The summed E-state index contributed by atoms with van der Waals surface area (Å²) in [5.74, 6) is -1.66. The third kappa shape index (κ3) is 3.16. The molecule has 0 aliphatic rings. The van der Waals surface area contributed by atoms with Crippen LogP contribution in [0, 0.1) is 5.41 Å². The number of hydrogen-bond acceptors (Lipinski definition) is 4. The van der Waals surface area contributed by atoms with Crippen LogP contribution >= 0.6 is 0 Å². The number of hydroxylamine groups is 1. The zero-order valence-electron chi connectivity index (χ0n) is 10.5. The van der Waals surface area contributed by atoms with E-state index >= 15 is 0 Å². The summed E-state index contributed by atoms with van der Waals surface area (Å²) in [7, 11) is 0. The van der Waals surface area contributed by atoms with Gasteiger partial charge in [0.15, 0.2) is 0 Å². The molecule has 0 fully saturated rings. The van der Waals surface area contributed by atoms with Crippen LogP contribution in [0.15, 0.2) is 30.3 Å². The second kappa shape index (κ2) is 5.44. The van der Waals surface area contributed by atoms with E-state index in [0.29, 0.717) is 5.56 Å². The Morgan fingerprint density at radius 1 is 1.11 bits per heavy atom. The van der Waals surface area contributed by atoms with Crippen LogP contribution < -0.4 is 5.48 Å². The topological polar surface area (TPSA) is 72.5 Å². The van der Waals surface area contributed by atoms with Crippen molar-refractivity contribution in [2.45, 2.75) is 20.8 Å². The van der Waals surface area contributed by atoms with Gasteiger partial charge < -0.3 is 4.84 Å². The van der Waals surface area contributed by atoms with Crippen molar-refractivity contribution in [3.05, 3.63) is 35.9 Å². The van der Waals surface area contributed by atoms with Gasteiger partial charge in [-0.3, -0.25) is 9.59 Å².